The van der Waals surface area contributed by atoms with Crippen molar-refractivity contribution in [2.45, 2.75) is 32.4 Å². The molecule has 0 radical (unpaired) electrons. The van der Waals surface area contributed by atoms with Crippen LogP contribution in [-0.2, 0) is 4.74 Å². The molecule has 0 aromatic rings. The third-order valence-corrected chi connectivity index (χ3v) is 2.55. The second kappa shape index (κ2) is 6.70. The Balaban J connectivity index is 2.17. The number of carbonyl (C=O) groups is 1. The van der Waals surface area contributed by atoms with Crippen molar-refractivity contribution in [1.29, 1.82) is 0 Å². The molecule has 1 fully saturated rings. The van der Waals surface area contributed by atoms with E-state index in [0.29, 0.717) is 0 Å². The summed E-state index contributed by atoms with van der Waals surface area (Å²) in [7, 11) is 1.81. The van der Waals surface area contributed by atoms with Crippen LogP contribution in [0.15, 0.2) is 0 Å². The first-order valence-electron chi connectivity index (χ1n) is 5.93. The molecule has 94 valence electrons. The van der Waals surface area contributed by atoms with Crippen molar-refractivity contribution >= 4 is 6.03 Å². The molecule has 2 N–H and O–H groups in total. The normalized spacial score (nSPS) is 20.9. The summed E-state index contributed by atoms with van der Waals surface area (Å²) in [6.45, 7) is 7.23. The van der Waals surface area contributed by atoms with Crippen LogP contribution in [-0.4, -0.2) is 56.4 Å². The van der Waals surface area contributed by atoms with Crippen molar-refractivity contribution in [3.8, 4) is 0 Å². The minimum Gasteiger partial charge on any atom is -0.376 e. The highest BCUT2D eigenvalue weighted by Gasteiger charge is 2.16. The number of hydrogen-bond donors (Lipinski definition) is 2. The van der Waals surface area contributed by atoms with Crippen LogP contribution in [0.4, 0.5) is 4.79 Å². The van der Waals surface area contributed by atoms with E-state index in [1.165, 1.54) is 0 Å². The summed E-state index contributed by atoms with van der Waals surface area (Å²) in [5.41, 5.74) is 0. The number of hydrogen-bond acceptors (Lipinski definition) is 3. The van der Waals surface area contributed by atoms with Gasteiger partial charge >= 0.3 is 6.03 Å². The Morgan fingerprint density at radius 1 is 1.62 bits per heavy atom. The highest BCUT2D eigenvalue weighted by Crippen LogP contribution is 2.02. The summed E-state index contributed by atoms with van der Waals surface area (Å²) in [5, 5.41) is 6.14. The first-order valence-corrected chi connectivity index (χ1v) is 5.93. The molecule has 16 heavy (non-hydrogen) atoms. The summed E-state index contributed by atoms with van der Waals surface area (Å²) in [4.78, 5) is 13.3. The maximum atomic E-state index is 11.6. The fourth-order valence-corrected chi connectivity index (χ4v) is 1.60. The molecule has 5 nitrogen and oxygen atoms in total. The SMILES string of the molecule is CC(C)NC(=O)N(C)CCC1CNCCO1. The Bertz CT molecular complexity index is 215. The molecule has 0 aromatic heterocycles. The monoisotopic (exact) mass is 229 g/mol. The second-order valence-corrected chi connectivity index (χ2v) is 4.51. The highest BCUT2D eigenvalue weighted by molar-refractivity contribution is 5.74. The van der Waals surface area contributed by atoms with Crippen molar-refractivity contribution in [2.75, 3.05) is 33.3 Å². The molecule has 0 spiro atoms. The summed E-state index contributed by atoms with van der Waals surface area (Å²) in [6, 6.07) is 0.168. The average Bonchev–Trinajstić information content (AvgIpc) is 2.26. The van der Waals surface area contributed by atoms with Gasteiger partial charge < -0.3 is 20.3 Å². The van der Waals surface area contributed by atoms with Gasteiger partial charge in [0.15, 0.2) is 0 Å². The average molecular weight is 229 g/mol. The van der Waals surface area contributed by atoms with Gasteiger partial charge in [-0.2, -0.15) is 0 Å². The molecule has 1 rings (SSSR count). The second-order valence-electron chi connectivity index (χ2n) is 4.51. The number of rotatable bonds is 4. The lowest BCUT2D eigenvalue weighted by Gasteiger charge is -2.26. The predicted molar refractivity (Wildman–Crippen MR) is 63.5 cm³/mol. The van der Waals surface area contributed by atoms with Gasteiger partial charge in [0.1, 0.15) is 0 Å². The van der Waals surface area contributed by atoms with Crippen LogP contribution in [0.25, 0.3) is 0 Å². The van der Waals surface area contributed by atoms with Crippen LogP contribution in [0.3, 0.4) is 0 Å². The third kappa shape index (κ3) is 4.81. The molecular formula is C11H23N3O2. The van der Waals surface area contributed by atoms with Crippen molar-refractivity contribution in [3.05, 3.63) is 0 Å². The molecule has 1 aliphatic heterocycles. The molecule has 1 aliphatic rings. The standard InChI is InChI=1S/C11H23N3O2/c1-9(2)13-11(15)14(3)6-4-10-8-12-5-7-16-10/h9-10,12H,4-8H2,1-3H3,(H,13,15). The van der Waals surface area contributed by atoms with E-state index in [2.05, 4.69) is 10.6 Å². The largest absolute Gasteiger partial charge is 0.376 e. The number of nitrogens with one attached hydrogen (secondary N) is 2. The number of morpholine rings is 1. The van der Waals surface area contributed by atoms with Gasteiger partial charge in [-0.05, 0) is 20.3 Å². The lowest BCUT2D eigenvalue weighted by Crippen LogP contribution is -2.44. The highest BCUT2D eigenvalue weighted by atomic mass is 16.5. The van der Waals surface area contributed by atoms with Gasteiger partial charge in [-0.25, -0.2) is 4.79 Å². The van der Waals surface area contributed by atoms with Crippen LogP contribution in [0.1, 0.15) is 20.3 Å². The Morgan fingerprint density at radius 3 is 2.94 bits per heavy atom. The van der Waals surface area contributed by atoms with E-state index in [1.54, 1.807) is 4.90 Å². The quantitative estimate of drug-likeness (QED) is 0.734. The number of amides is 2. The third-order valence-electron chi connectivity index (χ3n) is 2.55. The summed E-state index contributed by atoms with van der Waals surface area (Å²) >= 11 is 0. The van der Waals surface area contributed by atoms with Crippen LogP contribution in [0, 0.1) is 0 Å². The Morgan fingerprint density at radius 2 is 2.38 bits per heavy atom. The number of carbonyl (C=O) groups excluding carboxylic acids is 1. The fourth-order valence-electron chi connectivity index (χ4n) is 1.60. The van der Waals surface area contributed by atoms with E-state index < -0.39 is 0 Å². The summed E-state index contributed by atoms with van der Waals surface area (Å²) in [5.74, 6) is 0. The molecular weight excluding hydrogens is 206 g/mol. The summed E-state index contributed by atoms with van der Waals surface area (Å²) < 4.78 is 5.57. The molecule has 5 heteroatoms. The first-order chi connectivity index (χ1) is 7.59. The minimum atomic E-state index is -0.0150. The van der Waals surface area contributed by atoms with E-state index >= 15 is 0 Å². The molecule has 1 atom stereocenters. The van der Waals surface area contributed by atoms with E-state index in [4.69, 9.17) is 4.74 Å². The number of ether oxygens (including phenoxy) is 1. The molecule has 0 aliphatic carbocycles. The Hall–Kier alpha value is -0.810. The van der Waals surface area contributed by atoms with Crippen molar-refractivity contribution in [3.63, 3.8) is 0 Å². The van der Waals surface area contributed by atoms with Gasteiger partial charge in [0.2, 0.25) is 0 Å². The number of nitrogens with zero attached hydrogens (tertiary/aromatic N) is 1. The van der Waals surface area contributed by atoms with Gasteiger partial charge in [-0.1, -0.05) is 0 Å². The molecule has 1 saturated heterocycles. The Labute approximate surface area is 97.5 Å². The summed E-state index contributed by atoms with van der Waals surface area (Å²) in [6.07, 6.45) is 1.12. The fraction of sp³-hybridized carbons (Fsp3) is 0.909. The zero-order chi connectivity index (χ0) is 12.0. The zero-order valence-corrected chi connectivity index (χ0v) is 10.5. The van der Waals surface area contributed by atoms with Crippen LogP contribution in [0.5, 0.6) is 0 Å². The lowest BCUT2D eigenvalue weighted by atomic mass is 10.2. The maximum Gasteiger partial charge on any atom is 0.317 e. The minimum absolute atomic E-state index is 0.0150. The lowest BCUT2D eigenvalue weighted by molar-refractivity contribution is 0.0203. The van der Waals surface area contributed by atoms with E-state index in [0.717, 1.165) is 32.7 Å². The first kappa shape index (κ1) is 13.3. The molecule has 0 bridgehead atoms. The smallest absolute Gasteiger partial charge is 0.317 e. The van der Waals surface area contributed by atoms with Crippen LogP contribution < -0.4 is 10.6 Å². The topological polar surface area (TPSA) is 53.6 Å². The van der Waals surface area contributed by atoms with Crippen molar-refractivity contribution in [2.24, 2.45) is 0 Å². The van der Waals surface area contributed by atoms with Crippen molar-refractivity contribution in [1.82, 2.24) is 15.5 Å². The molecule has 0 saturated carbocycles. The zero-order valence-electron chi connectivity index (χ0n) is 10.5. The molecule has 1 heterocycles. The maximum absolute atomic E-state index is 11.6. The van der Waals surface area contributed by atoms with E-state index in [-0.39, 0.29) is 18.2 Å². The van der Waals surface area contributed by atoms with Gasteiger partial charge in [-0.3, -0.25) is 0 Å². The van der Waals surface area contributed by atoms with Gasteiger partial charge in [0.05, 0.1) is 12.7 Å². The Kier molecular flexibility index (Phi) is 5.55. The van der Waals surface area contributed by atoms with Crippen LogP contribution >= 0.6 is 0 Å². The van der Waals surface area contributed by atoms with E-state index in [9.17, 15) is 4.79 Å². The predicted octanol–water partition coefficient (Wildman–Crippen LogP) is 0.415. The van der Waals surface area contributed by atoms with Gasteiger partial charge in [-0.15, -0.1) is 0 Å². The van der Waals surface area contributed by atoms with Crippen LogP contribution in [0.2, 0.25) is 0 Å². The van der Waals surface area contributed by atoms with E-state index in [1.807, 2.05) is 20.9 Å². The molecule has 0 aromatic carbocycles. The van der Waals surface area contributed by atoms with Crippen molar-refractivity contribution < 1.29 is 9.53 Å². The molecule has 2 amide bonds. The van der Waals surface area contributed by atoms with Gasteiger partial charge in [0, 0.05) is 32.7 Å². The van der Waals surface area contributed by atoms with Gasteiger partial charge in [0.25, 0.3) is 0 Å². The number of urea groups is 1. The molecule has 1 unspecified atom stereocenters.